The van der Waals surface area contributed by atoms with Crippen molar-refractivity contribution < 1.29 is 14.3 Å². The maximum absolute atomic E-state index is 12.1. The third-order valence-electron chi connectivity index (χ3n) is 2.88. The Labute approximate surface area is 131 Å². The van der Waals surface area contributed by atoms with Crippen LogP contribution in [0.4, 0.5) is 0 Å². The first kappa shape index (κ1) is 14.7. The van der Waals surface area contributed by atoms with Crippen LogP contribution in [0.2, 0.25) is 0 Å². The van der Waals surface area contributed by atoms with E-state index in [1.54, 1.807) is 36.4 Å². The van der Waals surface area contributed by atoms with Gasteiger partial charge in [0.25, 0.3) is 0 Å². The predicted octanol–water partition coefficient (Wildman–Crippen LogP) is 4.02. The quantitative estimate of drug-likeness (QED) is 0.350. The van der Waals surface area contributed by atoms with Crippen molar-refractivity contribution in [2.24, 2.45) is 0 Å². The Bertz CT molecular complexity index is 677. The zero-order valence-electron chi connectivity index (χ0n) is 11.1. The van der Waals surface area contributed by atoms with Crippen molar-refractivity contribution in [3.8, 4) is 5.75 Å². The van der Waals surface area contributed by atoms with Crippen LogP contribution < -0.4 is 4.74 Å². The number of hydrogen-bond donors (Lipinski definition) is 0. The van der Waals surface area contributed by atoms with E-state index in [1.807, 2.05) is 13.0 Å². The van der Waals surface area contributed by atoms with E-state index >= 15 is 0 Å². The lowest BCUT2D eigenvalue weighted by molar-refractivity contribution is 0.0733. The van der Waals surface area contributed by atoms with Crippen LogP contribution in [0.15, 0.2) is 42.5 Å². The molecule has 2 rings (SSSR count). The second-order valence-corrected chi connectivity index (χ2v) is 5.57. The second-order valence-electron chi connectivity index (χ2n) is 4.41. The Morgan fingerprint density at radius 3 is 2.45 bits per heavy atom. The van der Waals surface area contributed by atoms with Crippen molar-refractivity contribution in [3.63, 3.8) is 0 Å². The number of hydrogen-bond acceptors (Lipinski definition) is 3. The highest BCUT2D eigenvalue weighted by atomic mass is 127. The summed E-state index contributed by atoms with van der Waals surface area (Å²) in [5, 5.41) is 0. The van der Waals surface area contributed by atoms with Crippen molar-refractivity contribution in [2.45, 2.75) is 13.8 Å². The van der Waals surface area contributed by atoms with E-state index in [-0.39, 0.29) is 5.78 Å². The van der Waals surface area contributed by atoms with E-state index in [4.69, 9.17) is 4.74 Å². The highest BCUT2D eigenvalue weighted by Crippen LogP contribution is 2.21. The molecule has 0 fully saturated rings. The number of benzene rings is 2. The van der Waals surface area contributed by atoms with E-state index in [2.05, 4.69) is 22.6 Å². The highest BCUT2D eigenvalue weighted by Gasteiger charge is 2.14. The van der Waals surface area contributed by atoms with Gasteiger partial charge in [-0.3, -0.25) is 4.79 Å². The molecule has 2 aromatic rings. The lowest BCUT2D eigenvalue weighted by Gasteiger charge is -2.08. The molecule has 0 aromatic heterocycles. The number of carbonyl (C=O) groups excluding carboxylic acids is 2. The minimum Gasteiger partial charge on any atom is -0.422 e. The number of para-hydroxylation sites is 1. The van der Waals surface area contributed by atoms with E-state index in [1.165, 1.54) is 6.92 Å². The molecule has 0 atom stereocenters. The summed E-state index contributed by atoms with van der Waals surface area (Å²) in [4.78, 5) is 23.6. The van der Waals surface area contributed by atoms with Gasteiger partial charge >= 0.3 is 5.97 Å². The van der Waals surface area contributed by atoms with Crippen molar-refractivity contribution in [2.75, 3.05) is 0 Å². The van der Waals surface area contributed by atoms with Gasteiger partial charge in [0.1, 0.15) is 5.75 Å². The summed E-state index contributed by atoms with van der Waals surface area (Å²) < 4.78 is 6.32. The molecule has 0 amide bonds. The monoisotopic (exact) mass is 380 g/mol. The summed E-state index contributed by atoms with van der Waals surface area (Å²) in [6, 6.07) is 12.1. The van der Waals surface area contributed by atoms with Gasteiger partial charge < -0.3 is 4.74 Å². The van der Waals surface area contributed by atoms with Crippen molar-refractivity contribution in [1.82, 2.24) is 0 Å². The van der Waals surface area contributed by atoms with Crippen LogP contribution >= 0.6 is 22.6 Å². The fourth-order valence-corrected chi connectivity index (χ4v) is 2.24. The Morgan fingerprint density at radius 2 is 1.80 bits per heavy atom. The third kappa shape index (κ3) is 3.25. The average Bonchev–Trinajstić information content (AvgIpc) is 2.42. The molecule has 0 radical (unpaired) electrons. The molecule has 0 aliphatic rings. The number of halogens is 1. The van der Waals surface area contributed by atoms with Gasteiger partial charge in [-0.05, 0) is 66.3 Å². The first-order valence-electron chi connectivity index (χ1n) is 6.07. The van der Waals surface area contributed by atoms with Crippen LogP contribution in [0.5, 0.6) is 5.75 Å². The zero-order valence-corrected chi connectivity index (χ0v) is 13.3. The molecule has 0 unspecified atom stereocenters. The van der Waals surface area contributed by atoms with Crippen LogP contribution in [0.25, 0.3) is 0 Å². The van der Waals surface area contributed by atoms with E-state index in [9.17, 15) is 9.59 Å². The summed E-state index contributed by atoms with van der Waals surface area (Å²) in [5.41, 5.74) is 1.98. The highest BCUT2D eigenvalue weighted by molar-refractivity contribution is 14.1. The van der Waals surface area contributed by atoms with Gasteiger partial charge in [-0.15, -0.1) is 0 Å². The van der Waals surface area contributed by atoms with Crippen LogP contribution in [0.3, 0.4) is 0 Å². The van der Waals surface area contributed by atoms with Crippen molar-refractivity contribution >= 4 is 34.3 Å². The normalized spacial score (nSPS) is 10.2. The lowest BCUT2D eigenvalue weighted by atomic mass is 10.1. The van der Waals surface area contributed by atoms with Gasteiger partial charge in [-0.1, -0.05) is 18.2 Å². The molecule has 0 aliphatic heterocycles. The second kappa shape index (κ2) is 6.17. The first-order valence-corrected chi connectivity index (χ1v) is 7.15. The molecular formula is C16H13IO3. The molecule has 2 aromatic carbocycles. The van der Waals surface area contributed by atoms with Crippen LogP contribution in [-0.4, -0.2) is 11.8 Å². The van der Waals surface area contributed by atoms with Crippen LogP contribution in [0.1, 0.15) is 33.2 Å². The molecule has 0 heterocycles. The molecule has 102 valence electrons. The minimum atomic E-state index is -0.461. The van der Waals surface area contributed by atoms with Crippen LogP contribution in [0, 0.1) is 10.5 Å². The van der Waals surface area contributed by atoms with E-state index < -0.39 is 5.97 Å². The Balaban J connectivity index is 2.28. The number of rotatable bonds is 3. The SMILES string of the molecule is CC(=O)c1ccccc1OC(=O)c1ccc(C)c(I)c1. The number of Topliss-reactive ketones (excluding diaryl/α,β-unsaturated/α-hetero) is 1. The molecule has 3 nitrogen and oxygen atoms in total. The van der Waals surface area contributed by atoms with Gasteiger partial charge in [0.15, 0.2) is 5.78 Å². The number of carbonyl (C=O) groups is 2. The van der Waals surface area contributed by atoms with Gasteiger partial charge in [0.2, 0.25) is 0 Å². The summed E-state index contributed by atoms with van der Waals surface area (Å²) >= 11 is 2.17. The number of ketones is 1. The van der Waals surface area contributed by atoms with Crippen molar-refractivity contribution in [3.05, 3.63) is 62.7 Å². The molecule has 0 spiro atoms. The molecule has 0 saturated carbocycles. The number of aryl methyl sites for hydroxylation is 1. The molecule has 0 saturated heterocycles. The van der Waals surface area contributed by atoms with Gasteiger partial charge in [0.05, 0.1) is 11.1 Å². The minimum absolute atomic E-state index is 0.133. The molecule has 0 aliphatic carbocycles. The third-order valence-corrected chi connectivity index (χ3v) is 4.04. The fraction of sp³-hybridized carbons (Fsp3) is 0.125. The summed E-state index contributed by atoms with van der Waals surface area (Å²) in [5.74, 6) is -0.302. The average molecular weight is 380 g/mol. The lowest BCUT2D eigenvalue weighted by Crippen LogP contribution is -2.11. The Kier molecular flexibility index (Phi) is 4.54. The van der Waals surface area contributed by atoms with Gasteiger partial charge in [-0.25, -0.2) is 4.79 Å². The topological polar surface area (TPSA) is 43.4 Å². The largest absolute Gasteiger partial charge is 0.422 e. The van der Waals surface area contributed by atoms with E-state index in [0.29, 0.717) is 16.9 Å². The maximum Gasteiger partial charge on any atom is 0.343 e. The summed E-state index contributed by atoms with van der Waals surface area (Å²) in [6.45, 7) is 3.42. The van der Waals surface area contributed by atoms with Gasteiger partial charge in [-0.2, -0.15) is 0 Å². The predicted molar refractivity (Wildman–Crippen MR) is 85.3 cm³/mol. The summed E-state index contributed by atoms with van der Waals surface area (Å²) in [6.07, 6.45) is 0. The number of ether oxygens (including phenoxy) is 1. The van der Waals surface area contributed by atoms with E-state index in [0.717, 1.165) is 9.13 Å². The first-order chi connectivity index (χ1) is 9.49. The smallest absolute Gasteiger partial charge is 0.343 e. The maximum atomic E-state index is 12.1. The van der Waals surface area contributed by atoms with Crippen LogP contribution in [-0.2, 0) is 0 Å². The Morgan fingerprint density at radius 1 is 1.10 bits per heavy atom. The molecule has 20 heavy (non-hydrogen) atoms. The zero-order chi connectivity index (χ0) is 14.7. The molecule has 4 heteroatoms. The van der Waals surface area contributed by atoms with Crippen molar-refractivity contribution in [1.29, 1.82) is 0 Å². The molecular weight excluding hydrogens is 367 g/mol. The molecule has 0 bridgehead atoms. The summed E-state index contributed by atoms with van der Waals surface area (Å²) in [7, 11) is 0. The standard InChI is InChI=1S/C16H13IO3/c1-10-7-8-12(9-14(10)17)16(19)20-15-6-4-3-5-13(15)11(2)18/h3-9H,1-2H3. The fourth-order valence-electron chi connectivity index (χ4n) is 1.73. The molecule has 0 N–H and O–H groups in total. The van der Waals surface area contributed by atoms with Gasteiger partial charge in [0, 0.05) is 3.57 Å². The number of esters is 1. The Hall–Kier alpha value is -1.69.